The van der Waals surface area contributed by atoms with Crippen LogP contribution in [0.5, 0.6) is 0 Å². The number of benzene rings is 1. The lowest BCUT2D eigenvalue weighted by Crippen LogP contribution is -2.42. The molecule has 12 heteroatoms. The number of carbonyl (C=O) groups is 2. The van der Waals surface area contributed by atoms with Crippen LogP contribution < -0.4 is 21.9 Å². The van der Waals surface area contributed by atoms with Crippen LogP contribution in [-0.2, 0) is 16.0 Å². The molecule has 174 valence electrons. The third-order valence-electron chi connectivity index (χ3n) is 5.51. The molecule has 0 spiro atoms. The second-order valence-electron chi connectivity index (χ2n) is 7.73. The van der Waals surface area contributed by atoms with E-state index < -0.39 is 48.4 Å². The molecule has 12 nitrogen and oxygen atoms in total. The average Bonchev–Trinajstić information content (AvgIpc) is 3.38. The highest BCUT2D eigenvalue weighted by Gasteiger charge is 2.35. The first-order valence-corrected chi connectivity index (χ1v) is 10.3. The van der Waals surface area contributed by atoms with E-state index in [1.54, 1.807) is 6.20 Å². The molecule has 4 atom stereocenters. The lowest BCUT2D eigenvalue weighted by molar-refractivity contribution is -0.109. The van der Waals surface area contributed by atoms with E-state index in [1.165, 1.54) is 0 Å². The number of aromatic nitrogens is 3. The number of para-hydroxylation sites is 1. The molecule has 2 amide bonds. The molecule has 0 saturated carbocycles. The number of amides is 2. The standard InChI is InChI=1S/C21H23N5O7/c27-9-12(5-11-7-22-14-4-2-1-3-13(11)14)23-20(31)24-15-8-26(21(32)25-19(15)30)18-6-16(29)17(10-28)33-18/h1-4,7-9,12,16-18,22,28-29H,5-6,10H2,(H2,23,24,31)(H,25,30,32)/t12-,16-,17+,18+/m0/s1. The second-order valence-corrected chi connectivity index (χ2v) is 7.73. The van der Waals surface area contributed by atoms with Crippen LogP contribution in [0.3, 0.4) is 0 Å². The van der Waals surface area contributed by atoms with Crippen LogP contribution in [0.1, 0.15) is 18.2 Å². The number of H-pyrrole nitrogens is 2. The highest BCUT2D eigenvalue weighted by atomic mass is 16.5. The number of anilines is 1. The summed E-state index contributed by atoms with van der Waals surface area (Å²) in [5.41, 5.74) is -0.160. The molecule has 0 aliphatic carbocycles. The summed E-state index contributed by atoms with van der Waals surface area (Å²) in [5, 5.41) is 24.9. The van der Waals surface area contributed by atoms with Gasteiger partial charge in [0.2, 0.25) is 0 Å². The van der Waals surface area contributed by atoms with E-state index in [2.05, 4.69) is 20.6 Å². The Bertz CT molecular complexity index is 1280. The Morgan fingerprint density at radius 1 is 1.33 bits per heavy atom. The van der Waals surface area contributed by atoms with Crippen molar-refractivity contribution in [1.29, 1.82) is 0 Å². The number of aromatic amines is 2. The minimum atomic E-state index is -0.989. The van der Waals surface area contributed by atoms with E-state index in [0.717, 1.165) is 27.2 Å². The zero-order chi connectivity index (χ0) is 23.5. The summed E-state index contributed by atoms with van der Waals surface area (Å²) in [7, 11) is 0. The summed E-state index contributed by atoms with van der Waals surface area (Å²) in [4.78, 5) is 53.5. The number of aliphatic hydroxyl groups is 2. The molecular formula is C21H23N5O7. The monoisotopic (exact) mass is 457 g/mol. The summed E-state index contributed by atoms with van der Waals surface area (Å²) < 4.78 is 6.44. The molecule has 1 aliphatic rings. The number of fused-ring (bicyclic) bond motifs is 1. The van der Waals surface area contributed by atoms with Gasteiger partial charge in [-0.1, -0.05) is 18.2 Å². The summed E-state index contributed by atoms with van der Waals surface area (Å²) in [6.45, 7) is -0.438. The van der Waals surface area contributed by atoms with Crippen molar-refractivity contribution in [2.75, 3.05) is 11.9 Å². The van der Waals surface area contributed by atoms with Gasteiger partial charge in [0.05, 0.1) is 18.8 Å². The molecule has 1 aliphatic heterocycles. The van der Waals surface area contributed by atoms with Gasteiger partial charge in [0.1, 0.15) is 24.3 Å². The molecule has 1 fully saturated rings. The zero-order valence-electron chi connectivity index (χ0n) is 17.4. The third-order valence-corrected chi connectivity index (χ3v) is 5.51. The Morgan fingerprint density at radius 3 is 2.85 bits per heavy atom. The Morgan fingerprint density at radius 2 is 2.12 bits per heavy atom. The van der Waals surface area contributed by atoms with Gasteiger partial charge in [-0.25, -0.2) is 9.59 Å². The molecule has 6 N–H and O–H groups in total. The van der Waals surface area contributed by atoms with Crippen LogP contribution >= 0.6 is 0 Å². The van der Waals surface area contributed by atoms with Crippen molar-refractivity contribution in [1.82, 2.24) is 19.9 Å². The predicted octanol–water partition coefficient (Wildman–Crippen LogP) is -0.410. The molecule has 33 heavy (non-hydrogen) atoms. The number of ether oxygens (including phenoxy) is 1. The maximum absolute atomic E-state index is 12.5. The van der Waals surface area contributed by atoms with E-state index in [4.69, 9.17) is 4.74 Å². The van der Waals surface area contributed by atoms with E-state index in [1.807, 2.05) is 24.3 Å². The van der Waals surface area contributed by atoms with Gasteiger partial charge in [-0.2, -0.15) is 0 Å². The number of nitrogens with zero attached hydrogens (tertiary/aromatic N) is 1. The van der Waals surface area contributed by atoms with Gasteiger partial charge < -0.3 is 35.4 Å². The van der Waals surface area contributed by atoms with Crippen LogP contribution in [0.25, 0.3) is 10.9 Å². The van der Waals surface area contributed by atoms with Gasteiger partial charge in [-0.15, -0.1) is 0 Å². The van der Waals surface area contributed by atoms with E-state index in [-0.39, 0.29) is 18.5 Å². The molecule has 1 saturated heterocycles. The van der Waals surface area contributed by atoms with E-state index in [9.17, 15) is 29.4 Å². The Kier molecular flexibility index (Phi) is 6.40. The van der Waals surface area contributed by atoms with Crippen LogP contribution in [-0.4, -0.2) is 61.9 Å². The third kappa shape index (κ3) is 4.72. The largest absolute Gasteiger partial charge is 0.394 e. The molecule has 0 bridgehead atoms. The summed E-state index contributed by atoms with van der Waals surface area (Å²) in [6.07, 6.45) is 0.894. The number of hydrogen-bond donors (Lipinski definition) is 6. The van der Waals surface area contributed by atoms with Crippen LogP contribution in [0.4, 0.5) is 10.5 Å². The number of aliphatic hydroxyl groups excluding tert-OH is 2. The number of urea groups is 1. The van der Waals surface area contributed by atoms with Gasteiger partial charge in [0.25, 0.3) is 5.56 Å². The molecular weight excluding hydrogens is 434 g/mol. The predicted molar refractivity (Wildman–Crippen MR) is 117 cm³/mol. The van der Waals surface area contributed by atoms with Gasteiger partial charge in [0.15, 0.2) is 0 Å². The molecule has 1 aromatic carbocycles. The topological polar surface area (TPSA) is 179 Å². The summed E-state index contributed by atoms with van der Waals surface area (Å²) in [6, 6.07) is 5.86. The number of aldehydes is 1. The lowest BCUT2D eigenvalue weighted by Gasteiger charge is -2.16. The van der Waals surface area contributed by atoms with Gasteiger partial charge in [-0.05, 0) is 11.6 Å². The smallest absolute Gasteiger partial charge is 0.330 e. The molecule has 2 aromatic heterocycles. The fraction of sp³-hybridized carbons (Fsp3) is 0.333. The number of nitrogens with one attached hydrogen (secondary N) is 4. The number of hydrogen-bond acceptors (Lipinski definition) is 7. The van der Waals surface area contributed by atoms with Crippen molar-refractivity contribution >= 4 is 28.9 Å². The Balaban J connectivity index is 1.47. The Hall–Kier alpha value is -3.74. The van der Waals surface area contributed by atoms with Crippen molar-refractivity contribution in [3.8, 4) is 0 Å². The summed E-state index contributed by atoms with van der Waals surface area (Å²) >= 11 is 0. The fourth-order valence-corrected chi connectivity index (χ4v) is 3.84. The molecule has 3 heterocycles. The minimum absolute atomic E-state index is 0.0145. The van der Waals surface area contributed by atoms with Gasteiger partial charge in [0, 0.05) is 36.1 Å². The van der Waals surface area contributed by atoms with Crippen molar-refractivity contribution in [3.63, 3.8) is 0 Å². The number of rotatable bonds is 7. The molecule has 0 radical (unpaired) electrons. The Labute approximate surface area is 186 Å². The molecule has 0 unspecified atom stereocenters. The van der Waals surface area contributed by atoms with E-state index >= 15 is 0 Å². The molecule has 4 rings (SSSR count). The highest BCUT2D eigenvalue weighted by molar-refractivity contribution is 5.91. The van der Waals surface area contributed by atoms with Crippen LogP contribution in [0.15, 0.2) is 46.2 Å². The minimum Gasteiger partial charge on any atom is -0.394 e. The van der Waals surface area contributed by atoms with Crippen molar-refractivity contribution in [3.05, 3.63) is 63.1 Å². The average molecular weight is 457 g/mol. The lowest BCUT2D eigenvalue weighted by atomic mass is 10.1. The van der Waals surface area contributed by atoms with Crippen molar-refractivity contribution in [2.45, 2.75) is 37.3 Å². The first kappa shape index (κ1) is 22.5. The first-order chi connectivity index (χ1) is 15.9. The second kappa shape index (κ2) is 9.40. The molecule has 3 aromatic rings. The van der Waals surface area contributed by atoms with Gasteiger partial charge in [-0.3, -0.25) is 14.3 Å². The zero-order valence-corrected chi connectivity index (χ0v) is 17.4. The van der Waals surface area contributed by atoms with Crippen LogP contribution in [0, 0.1) is 0 Å². The normalized spacial score (nSPS) is 21.1. The van der Waals surface area contributed by atoms with Crippen LogP contribution in [0.2, 0.25) is 0 Å². The maximum atomic E-state index is 12.5. The van der Waals surface area contributed by atoms with Gasteiger partial charge >= 0.3 is 11.7 Å². The van der Waals surface area contributed by atoms with E-state index in [0.29, 0.717) is 6.29 Å². The fourth-order valence-electron chi connectivity index (χ4n) is 3.84. The van der Waals surface area contributed by atoms with Crippen molar-refractivity contribution < 1.29 is 24.5 Å². The number of carbonyl (C=O) groups excluding carboxylic acids is 2. The highest BCUT2D eigenvalue weighted by Crippen LogP contribution is 2.27. The quantitative estimate of drug-likeness (QED) is 0.261. The SMILES string of the molecule is O=C[C@H](Cc1c[nH]c2ccccc12)NC(=O)Nc1cn([C@H]2C[C@H](O)[C@@H](CO)O2)c(=O)[nH]c1=O. The van der Waals surface area contributed by atoms with Crippen molar-refractivity contribution in [2.24, 2.45) is 0 Å². The maximum Gasteiger partial charge on any atom is 0.330 e. The summed E-state index contributed by atoms with van der Waals surface area (Å²) in [5.74, 6) is 0. The first-order valence-electron chi connectivity index (χ1n) is 10.3.